The van der Waals surface area contributed by atoms with Crippen LogP contribution in [0.25, 0.3) is 10.8 Å². The summed E-state index contributed by atoms with van der Waals surface area (Å²) in [6.45, 7) is 4.71. The summed E-state index contributed by atoms with van der Waals surface area (Å²) in [5.41, 5.74) is -0.0955. The van der Waals surface area contributed by atoms with E-state index < -0.39 is 29.2 Å². The van der Waals surface area contributed by atoms with Crippen molar-refractivity contribution >= 4 is 28.2 Å². The summed E-state index contributed by atoms with van der Waals surface area (Å²) in [5.74, 6) is 0.0787. The molecule has 1 amide bonds. The zero-order valence-corrected chi connectivity index (χ0v) is 19.0. The van der Waals surface area contributed by atoms with Gasteiger partial charge >= 0.3 is 6.18 Å². The summed E-state index contributed by atoms with van der Waals surface area (Å²) in [6.07, 6.45) is -2.12. The highest BCUT2D eigenvalue weighted by Gasteiger charge is 2.32. The van der Waals surface area contributed by atoms with Crippen LogP contribution in [0.5, 0.6) is 0 Å². The highest BCUT2D eigenvalue weighted by atomic mass is 19.4. The first kappa shape index (κ1) is 23.7. The Balaban J connectivity index is 1.71. The third-order valence-corrected chi connectivity index (χ3v) is 5.96. The normalized spacial score (nSPS) is 17.6. The predicted octanol–water partition coefficient (Wildman–Crippen LogP) is 3.89. The molecule has 1 aliphatic heterocycles. The fraction of sp³-hybridized carbons (Fsp3) is 0.391. The Morgan fingerprint density at radius 3 is 2.65 bits per heavy atom. The van der Waals surface area contributed by atoms with Crippen molar-refractivity contribution in [2.75, 3.05) is 30.8 Å². The van der Waals surface area contributed by atoms with Gasteiger partial charge in [-0.3, -0.25) is 14.6 Å². The molecule has 34 heavy (non-hydrogen) atoms. The number of H-pyrrole nitrogens is 1. The van der Waals surface area contributed by atoms with Crippen LogP contribution in [0.4, 0.5) is 24.7 Å². The van der Waals surface area contributed by atoms with Gasteiger partial charge in [0.25, 0.3) is 5.56 Å². The minimum atomic E-state index is -4.58. The first-order valence-corrected chi connectivity index (χ1v) is 10.8. The summed E-state index contributed by atoms with van der Waals surface area (Å²) in [5, 5.41) is 12.9. The van der Waals surface area contributed by atoms with Crippen LogP contribution in [0.3, 0.4) is 0 Å². The molecular weight excluding hydrogens is 449 g/mol. The Labute approximate surface area is 193 Å². The summed E-state index contributed by atoms with van der Waals surface area (Å²) < 4.78 is 40.4. The molecule has 3 aromatic rings. The number of nitrogens with zero attached hydrogens (tertiary/aromatic N) is 3. The summed E-state index contributed by atoms with van der Waals surface area (Å²) in [4.78, 5) is 30.4. The maximum Gasteiger partial charge on any atom is 0.416 e. The molecule has 8 nitrogen and oxygen atoms in total. The van der Waals surface area contributed by atoms with Crippen LogP contribution in [0, 0.1) is 0 Å². The van der Waals surface area contributed by atoms with Crippen molar-refractivity contribution in [3.05, 3.63) is 57.6 Å². The number of carbonyl (C=O) groups excluding carboxylic acids is 1. The van der Waals surface area contributed by atoms with E-state index in [0.29, 0.717) is 22.2 Å². The molecule has 1 aromatic carbocycles. The number of hydrogen-bond acceptors (Lipinski definition) is 6. The summed E-state index contributed by atoms with van der Waals surface area (Å²) >= 11 is 0. The van der Waals surface area contributed by atoms with Gasteiger partial charge in [-0.15, -0.1) is 0 Å². The van der Waals surface area contributed by atoms with Crippen LogP contribution >= 0.6 is 0 Å². The second-order valence-corrected chi connectivity index (χ2v) is 8.69. The average Bonchev–Trinajstić information content (AvgIpc) is 3.20. The van der Waals surface area contributed by atoms with Gasteiger partial charge in [0.15, 0.2) is 5.82 Å². The van der Waals surface area contributed by atoms with Crippen LogP contribution in [-0.2, 0) is 11.0 Å². The number of pyridine rings is 1. The second kappa shape index (κ2) is 9.05. The quantitative estimate of drug-likeness (QED) is 0.519. The number of halogens is 3. The van der Waals surface area contributed by atoms with Crippen molar-refractivity contribution in [1.82, 2.24) is 20.1 Å². The molecule has 0 spiro atoms. The molecule has 2 aromatic heterocycles. The number of benzene rings is 1. The van der Waals surface area contributed by atoms with Gasteiger partial charge in [0, 0.05) is 42.4 Å². The molecule has 4 rings (SSSR count). The van der Waals surface area contributed by atoms with E-state index >= 15 is 0 Å². The Morgan fingerprint density at radius 1 is 1.24 bits per heavy atom. The van der Waals surface area contributed by atoms with Crippen molar-refractivity contribution in [3.63, 3.8) is 0 Å². The van der Waals surface area contributed by atoms with Crippen molar-refractivity contribution < 1.29 is 18.0 Å². The van der Waals surface area contributed by atoms with Crippen LogP contribution in [0.15, 0.2) is 35.3 Å². The SMILES string of the molecule is CC(=O)Nc1cc(C(C)Nc2n[nH]c(=O)c3cnc(C4CCN(C)C4)cc23)cc(C(F)(F)F)c1. The smallest absolute Gasteiger partial charge is 0.362 e. The van der Waals surface area contributed by atoms with Gasteiger partial charge in [-0.1, -0.05) is 0 Å². The van der Waals surface area contributed by atoms with Crippen LogP contribution in [0.1, 0.15) is 49.0 Å². The van der Waals surface area contributed by atoms with Gasteiger partial charge in [0.2, 0.25) is 5.91 Å². The number of amides is 1. The lowest BCUT2D eigenvalue weighted by molar-refractivity contribution is -0.137. The topological polar surface area (TPSA) is 103 Å². The van der Waals surface area contributed by atoms with E-state index in [1.807, 2.05) is 13.1 Å². The number of rotatable bonds is 5. The molecule has 0 aliphatic carbocycles. The third-order valence-electron chi connectivity index (χ3n) is 5.96. The Bertz CT molecular complexity index is 1290. The molecule has 11 heteroatoms. The number of anilines is 2. The van der Waals surface area contributed by atoms with Crippen LogP contribution < -0.4 is 16.2 Å². The number of likely N-dealkylation sites (tertiary alicyclic amines) is 1. The molecule has 1 fully saturated rings. The Kier molecular flexibility index (Phi) is 6.30. The third kappa shape index (κ3) is 5.04. The van der Waals surface area contributed by atoms with E-state index in [1.54, 1.807) is 6.92 Å². The number of aromatic amines is 1. The second-order valence-electron chi connectivity index (χ2n) is 8.69. The van der Waals surface area contributed by atoms with Crippen LogP contribution in [0.2, 0.25) is 0 Å². The van der Waals surface area contributed by atoms with Crippen molar-refractivity contribution in [3.8, 4) is 0 Å². The van der Waals surface area contributed by atoms with Gasteiger partial charge in [0.1, 0.15) is 0 Å². The zero-order chi connectivity index (χ0) is 24.6. The lowest BCUT2D eigenvalue weighted by atomic mass is 10.0. The maximum atomic E-state index is 13.5. The Morgan fingerprint density at radius 2 is 2.00 bits per heavy atom. The Hall–Kier alpha value is -3.47. The highest BCUT2D eigenvalue weighted by Crippen LogP contribution is 2.35. The molecule has 0 saturated carbocycles. The van der Waals surface area contributed by atoms with Crippen molar-refractivity contribution in [2.24, 2.45) is 0 Å². The molecule has 3 N–H and O–H groups in total. The molecule has 3 heterocycles. The molecule has 0 bridgehead atoms. The summed E-state index contributed by atoms with van der Waals surface area (Å²) in [7, 11) is 2.03. The van der Waals surface area contributed by atoms with E-state index in [-0.39, 0.29) is 11.6 Å². The number of hydrogen-bond donors (Lipinski definition) is 3. The minimum absolute atomic E-state index is 0.0436. The minimum Gasteiger partial charge on any atom is -0.362 e. The molecule has 1 aliphatic rings. The van der Waals surface area contributed by atoms with E-state index in [4.69, 9.17) is 0 Å². The molecule has 180 valence electrons. The van der Waals surface area contributed by atoms with E-state index in [0.717, 1.165) is 37.3 Å². The first-order chi connectivity index (χ1) is 16.0. The molecule has 2 atom stereocenters. The number of fused-ring (bicyclic) bond motifs is 1. The van der Waals surface area contributed by atoms with Gasteiger partial charge < -0.3 is 15.5 Å². The zero-order valence-electron chi connectivity index (χ0n) is 19.0. The van der Waals surface area contributed by atoms with Crippen molar-refractivity contribution in [1.29, 1.82) is 0 Å². The molecule has 2 unspecified atom stereocenters. The monoisotopic (exact) mass is 474 g/mol. The van der Waals surface area contributed by atoms with E-state index in [2.05, 4.69) is 30.7 Å². The van der Waals surface area contributed by atoms with E-state index in [1.165, 1.54) is 19.2 Å². The lowest BCUT2D eigenvalue weighted by Gasteiger charge is -2.19. The predicted molar refractivity (Wildman–Crippen MR) is 123 cm³/mol. The lowest BCUT2D eigenvalue weighted by Crippen LogP contribution is -2.17. The van der Waals surface area contributed by atoms with Crippen molar-refractivity contribution in [2.45, 2.75) is 38.4 Å². The number of likely N-dealkylation sites (N-methyl/N-ethyl adjacent to an activating group) is 1. The number of nitrogens with one attached hydrogen (secondary N) is 3. The number of carbonyl (C=O) groups is 1. The largest absolute Gasteiger partial charge is 0.416 e. The van der Waals surface area contributed by atoms with Gasteiger partial charge in [-0.2, -0.15) is 18.3 Å². The van der Waals surface area contributed by atoms with Gasteiger partial charge in [0.05, 0.1) is 17.0 Å². The van der Waals surface area contributed by atoms with Gasteiger partial charge in [-0.25, -0.2) is 5.10 Å². The van der Waals surface area contributed by atoms with E-state index in [9.17, 15) is 22.8 Å². The van der Waals surface area contributed by atoms with Gasteiger partial charge in [-0.05, 0) is 56.8 Å². The average molecular weight is 474 g/mol. The fourth-order valence-corrected chi connectivity index (χ4v) is 4.21. The molecular formula is C23H25F3N6O2. The molecule has 0 radical (unpaired) electrons. The fourth-order valence-electron chi connectivity index (χ4n) is 4.21. The van der Waals surface area contributed by atoms with Crippen LogP contribution in [-0.4, -0.2) is 46.1 Å². The molecule has 1 saturated heterocycles. The standard InChI is InChI=1S/C23H25F3N6O2/c1-12(15-6-16(23(24,25)26)8-17(7-15)29-13(2)33)28-21-18-9-20(14-4-5-32(3)11-14)27-10-19(18)22(34)31-30-21/h6-10,12,14H,4-5,11H2,1-3H3,(H,28,30)(H,29,33)(H,31,34). The highest BCUT2D eigenvalue weighted by molar-refractivity contribution is 5.91. The summed E-state index contributed by atoms with van der Waals surface area (Å²) in [6, 6.07) is 4.60. The first-order valence-electron chi connectivity index (χ1n) is 10.8. The number of aromatic nitrogens is 3. The number of alkyl halides is 3. The maximum absolute atomic E-state index is 13.5.